The van der Waals surface area contributed by atoms with Crippen molar-refractivity contribution in [3.05, 3.63) is 255 Å². The largest absolute Gasteiger partial charge is 0.310 e. The van der Waals surface area contributed by atoms with Gasteiger partial charge in [0, 0.05) is 33.9 Å². The molecule has 0 fully saturated rings. The number of fused-ring (bicyclic) bond motifs is 1. The molecule has 0 aromatic heterocycles. The van der Waals surface area contributed by atoms with Crippen molar-refractivity contribution in [2.24, 2.45) is 0 Å². The van der Waals surface area contributed by atoms with Gasteiger partial charge < -0.3 is 9.80 Å². The van der Waals surface area contributed by atoms with E-state index in [0.717, 1.165) is 67.2 Å². The molecule has 0 aliphatic carbocycles. The first-order valence-electron chi connectivity index (χ1n) is 20.5. The van der Waals surface area contributed by atoms with Gasteiger partial charge in [0.1, 0.15) is 0 Å². The number of benzene rings is 10. The van der Waals surface area contributed by atoms with Crippen molar-refractivity contribution in [1.82, 2.24) is 0 Å². The lowest BCUT2D eigenvalue weighted by molar-refractivity contribution is 1.28. The number of hydrogen-bond donors (Lipinski definition) is 0. The Morgan fingerprint density at radius 2 is 0.617 bits per heavy atom. The predicted molar refractivity (Wildman–Crippen MR) is 255 cm³/mol. The van der Waals surface area contributed by atoms with Crippen LogP contribution in [0.2, 0.25) is 0 Å². The Morgan fingerprint density at radius 3 is 1.10 bits per heavy atom. The summed E-state index contributed by atoms with van der Waals surface area (Å²) in [5.74, 6) is 0. The fraction of sp³-hybridized carbons (Fsp3) is 0. The van der Waals surface area contributed by atoms with Gasteiger partial charge in [-0.2, -0.15) is 0 Å². The highest BCUT2D eigenvalue weighted by Crippen LogP contribution is 2.49. The van der Waals surface area contributed by atoms with Crippen LogP contribution in [-0.2, 0) is 0 Å². The molecule has 10 aromatic rings. The molecule has 2 nitrogen and oxygen atoms in total. The SMILES string of the molecule is c1ccc(-c2cccc(N(c3ccccc3)c3cc4c(-c5ccccc5)c(N(c5ccccc5)c5cccc(-c6ccccc6)c5)ccc4cc3-c3ccccc3)c2)cc1. The summed E-state index contributed by atoms with van der Waals surface area (Å²) in [5.41, 5.74) is 15.9. The molecule has 0 aliphatic rings. The Kier molecular flexibility index (Phi) is 10.0. The Bertz CT molecular complexity index is 3000. The zero-order valence-electron chi connectivity index (χ0n) is 33.1. The van der Waals surface area contributed by atoms with E-state index in [1.807, 2.05) is 0 Å². The molecule has 0 heterocycles. The zero-order valence-corrected chi connectivity index (χ0v) is 33.1. The van der Waals surface area contributed by atoms with Gasteiger partial charge >= 0.3 is 0 Å². The minimum atomic E-state index is 1.08. The molecule has 0 bridgehead atoms. The van der Waals surface area contributed by atoms with E-state index in [9.17, 15) is 0 Å². The Morgan fingerprint density at radius 1 is 0.233 bits per heavy atom. The molecule has 0 spiro atoms. The number of nitrogens with zero attached hydrogens (tertiary/aromatic N) is 2. The number of para-hydroxylation sites is 2. The lowest BCUT2D eigenvalue weighted by Crippen LogP contribution is -2.13. The summed E-state index contributed by atoms with van der Waals surface area (Å²) in [6, 6.07) is 91.7. The topological polar surface area (TPSA) is 6.48 Å². The average molecular weight is 767 g/mol. The van der Waals surface area contributed by atoms with Crippen molar-refractivity contribution in [2.45, 2.75) is 0 Å². The summed E-state index contributed by atoms with van der Waals surface area (Å²) in [4.78, 5) is 4.84. The summed E-state index contributed by atoms with van der Waals surface area (Å²) in [5, 5.41) is 2.32. The van der Waals surface area contributed by atoms with E-state index in [1.165, 1.54) is 22.3 Å². The van der Waals surface area contributed by atoms with Crippen LogP contribution in [-0.4, -0.2) is 0 Å². The van der Waals surface area contributed by atoms with Crippen LogP contribution in [0, 0.1) is 0 Å². The summed E-state index contributed by atoms with van der Waals surface area (Å²) in [6.45, 7) is 0. The molecule has 10 rings (SSSR count). The Hall–Kier alpha value is -7.94. The maximum Gasteiger partial charge on any atom is 0.0546 e. The van der Waals surface area contributed by atoms with Crippen LogP contribution in [0.5, 0.6) is 0 Å². The van der Waals surface area contributed by atoms with Crippen molar-refractivity contribution in [3.63, 3.8) is 0 Å². The van der Waals surface area contributed by atoms with E-state index in [-0.39, 0.29) is 0 Å². The van der Waals surface area contributed by atoms with Gasteiger partial charge in [0.25, 0.3) is 0 Å². The highest BCUT2D eigenvalue weighted by atomic mass is 15.2. The fourth-order valence-corrected chi connectivity index (χ4v) is 8.40. The zero-order chi connectivity index (χ0) is 40.1. The van der Waals surface area contributed by atoms with Crippen molar-refractivity contribution < 1.29 is 0 Å². The summed E-state index contributed by atoms with van der Waals surface area (Å²) < 4.78 is 0. The summed E-state index contributed by atoms with van der Waals surface area (Å²) >= 11 is 0. The normalized spacial score (nSPS) is 11.0. The molecule has 0 amide bonds. The van der Waals surface area contributed by atoms with Crippen LogP contribution in [0.25, 0.3) is 55.3 Å². The Balaban J connectivity index is 1.27. The highest BCUT2D eigenvalue weighted by Gasteiger charge is 2.24. The number of hydrogen-bond acceptors (Lipinski definition) is 2. The maximum absolute atomic E-state index is 2.43. The van der Waals surface area contributed by atoms with Crippen molar-refractivity contribution >= 4 is 44.9 Å². The third-order valence-corrected chi connectivity index (χ3v) is 11.2. The van der Waals surface area contributed by atoms with E-state index >= 15 is 0 Å². The number of rotatable bonds is 10. The quantitative estimate of drug-likeness (QED) is 0.137. The number of anilines is 6. The second-order valence-corrected chi connectivity index (χ2v) is 15.0. The maximum atomic E-state index is 2.43. The van der Waals surface area contributed by atoms with Gasteiger partial charge in [0.2, 0.25) is 0 Å². The monoisotopic (exact) mass is 766 g/mol. The van der Waals surface area contributed by atoms with Crippen molar-refractivity contribution in [2.75, 3.05) is 9.80 Å². The summed E-state index contributed by atoms with van der Waals surface area (Å²) in [7, 11) is 0. The molecule has 0 radical (unpaired) electrons. The van der Waals surface area contributed by atoms with Crippen molar-refractivity contribution in [3.8, 4) is 44.5 Å². The van der Waals surface area contributed by atoms with Crippen LogP contribution in [0.4, 0.5) is 34.1 Å². The van der Waals surface area contributed by atoms with E-state index in [4.69, 9.17) is 0 Å². The second-order valence-electron chi connectivity index (χ2n) is 15.0. The van der Waals surface area contributed by atoms with Gasteiger partial charge in [0.05, 0.1) is 11.4 Å². The first kappa shape index (κ1) is 36.4. The fourth-order valence-electron chi connectivity index (χ4n) is 8.40. The molecule has 10 aromatic carbocycles. The molecule has 0 aliphatic heterocycles. The van der Waals surface area contributed by atoms with E-state index in [1.54, 1.807) is 0 Å². The molecular formula is C58H42N2. The molecule has 0 saturated carbocycles. The third-order valence-electron chi connectivity index (χ3n) is 11.2. The van der Waals surface area contributed by atoms with Crippen LogP contribution in [0.15, 0.2) is 255 Å². The smallest absolute Gasteiger partial charge is 0.0546 e. The van der Waals surface area contributed by atoms with Gasteiger partial charge in [-0.15, -0.1) is 0 Å². The van der Waals surface area contributed by atoms with E-state index in [2.05, 4.69) is 265 Å². The molecule has 60 heavy (non-hydrogen) atoms. The van der Waals surface area contributed by atoms with Crippen LogP contribution in [0.3, 0.4) is 0 Å². The van der Waals surface area contributed by atoms with E-state index < -0.39 is 0 Å². The molecule has 0 atom stereocenters. The molecular weight excluding hydrogens is 725 g/mol. The predicted octanol–water partition coefficient (Wildman–Crippen LogP) is 16.4. The highest BCUT2D eigenvalue weighted by molar-refractivity contribution is 6.09. The van der Waals surface area contributed by atoms with Crippen LogP contribution >= 0.6 is 0 Å². The van der Waals surface area contributed by atoms with Gasteiger partial charge in [-0.05, 0) is 111 Å². The minimum Gasteiger partial charge on any atom is -0.310 e. The van der Waals surface area contributed by atoms with Crippen LogP contribution in [0.1, 0.15) is 0 Å². The lowest BCUT2D eigenvalue weighted by atomic mass is 9.91. The first-order chi connectivity index (χ1) is 29.8. The second kappa shape index (κ2) is 16.5. The average Bonchev–Trinajstić information content (AvgIpc) is 3.33. The van der Waals surface area contributed by atoms with Gasteiger partial charge in [-0.3, -0.25) is 0 Å². The standard InChI is InChI=1S/C58H42N2/c1-7-21-43(22-8-1)47-29-19-35-52(39-47)59(50-31-15-5-16-32-50)56-38-37-49-41-54(45-25-11-3-12-26-45)57(42-55(49)58(56)46-27-13-4-14-28-46)60(51-33-17-6-18-34-51)53-36-20-30-48(40-53)44-23-9-2-10-24-44/h1-42H. The lowest BCUT2D eigenvalue weighted by Gasteiger charge is -2.31. The third kappa shape index (κ3) is 7.23. The molecule has 0 N–H and O–H groups in total. The molecule has 0 unspecified atom stereocenters. The van der Waals surface area contributed by atoms with Gasteiger partial charge in [0.15, 0.2) is 0 Å². The van der Waals surface area contributed by atoms with Gasteiger partial charge in [-0.25, -0.2) is 0 Å². The van der Waals surface area contributed by atoms with E-state index in [0.29, 0.717) is 0 Å². The Labute approximate surface area is 352 Å². The first-order valence-corrected chi connectivity index (χ1v) is 20.5. The van der Waals surface area contributed by atoms with Crippen molar-refractivity contribution in [1.29, 1.82) is 0 Å². The molecule has 0 saturated heterocycles. The summed E-state index contributed by atoms with van der Waals surface area (Å²) in [6.07, 6.45) is 0. The minimum absolute atomic E-state index is 1.08. The molecule has 284 valence electrons. The van der Waals surface area contributed by atoms with Crippen LogP contribution < -0.4 is 9.80 Å². The molecule has 2 heteroatoms. The van der Waals surface area contributed by atoms with Gasteiger partial charge in [-0.1, -0.05) is 188 Å².